The Kier molecular flexibility index (Phi) is 6.23. The van der Waals surface area contributed by atoms with Crippen LogP contribution in [0.4, 0.5) is 11.4 Å². The summed E-state index contributed by atoms with van der Waals surface area (Å²) in [7, 11) is 0. The van der Waals surface area contributed by atoms with Gasteiger partial charge in [0, 0.05) is 24.5 Å². The zero-order valence-corrected chi connectivity index (χ0v) is 16.3. The fourth-order valence-electron chi connectivity index (χ4n) is 3.25. The number of hydrazone groups is 1. The van der Waals surface area contributed by atoms with Crippen molar-refractivity contribution < 1.29 is 0 Å². The molecule has 1 aliphatic rings. The molecule has 0 amide bonds. The average molecular weight is 367 g/mol. The molecule has 0 fully saturated rings. The van der Waals surface area contributed by atoms with Crippen molar-refractivity contribution in [2.24, 2.45) is 5.10 Å². The van der Waals surface area contributed by atoms with Gasteiger partial charge in [-0.3, -0.25) is 5.43 Å². The van der Waals surface area contributed by atoms with Crippen molar-refractivity contribution in [1.82, 2.24) is 5.43 Å². The molecular weight excluding hydrogens is 340 g/mol. The van der Waals surface area contributed by atoms with E-state index < -0.39 is 0 Å². The van der Waals surface area contributed by atoms with Gasteiger partial charge in [-0.05, 0) is 79.4 Å². The van der Waals surface area contributed by atoms with Crippen LogP contribution in [-0.4, -0.2) is 24.4 Å². The number of aryl methyl sites for hydroxylation is 2. The van der Waals surface area contributed by atoms with Gasteiger partial charge in [0.25, 0.3) is 0 Å². The summed E-state index contributed by atoms with van der Waals surface area (Å²) in [6, 6.07) is 14.8. The molecule has 0 atom stereocenters. The average Bonchev–Trinajstić information content (AvgIpc) is 2.68. The number of thiocarbonyl (C=S) groups is 1. The third-order valence-corrected chi connectivity index (χ3v) is 4.89. The molecule has 3 rings (SSSR count). The van der Waals surface area contributed by atoms with Crippen LogP contribution in [0.25, 0.3) is 0 Å². The van der Waals surface area contributed by atoms with Crippen molar-refractivity contribution in [1.29, 1.82) is 0 Å². The molecule has 26 heavy (non-hydrogen) atoms. The lowest BCUT2D eigenvalue weighted by Gasteiger charge is -2.30. The van der Waals surface area contributed by atoms with Crippen LogP contribution in [0.2, 0.25) is 0 Å². The molecule has 0 aliphatic carbocycles. The Labute approximate surface area is 161 Å². The van der Waals surface area contributed by atoms with Crippen LogP contribution in [0.1, 0.15) is 37.0 Å². The summed E-state index contributed by atoms with van der Waals surface area (Å²) in [5.41, 5.74) is 9.00. The van der Waals surface area contributed by atoms with E-state index in [9.17, 15) is 0 Å². The Morgan fingerprint density at radius 1 is 1.19 bits per heavy atom. The molecule has 0 unspecified atom stereocenters. The molecule has 0 bridgehead atoms. The van der Waals surface area contributed by atoms with Crippen molar-refractivity contribution >= 4 is 34.9 Å². The third kappa shape index (κ3) is 4.61. The highest BCUT2D eigenvalue weighted by molar-refractivity contribution is 7.80. The lowest BCUT2D eigenvalue weighted by Crippen LogP contribution is -2.28. The summed E-state index contributed by atoms with van der Waals surface area (Å²) < 4.78 is 0. The molecule has 2 aromatic carbocycles. The first-order chi connectivity index (χ1) is 12.7. The fourth-order valence-corrected chi connectivity index (χ4v) is 3.42. The summed E-state index contributed by atoms with van der Waals surface area (Å²) >= 11 is 5.30. The van der Waals surface area contributed by atoms with Crippen LogP contribution in [0.5, 0.6) is 0 Å². The second-order valence-corrected chi connectivity index (χ2v) is 6.85. The SMILES string of the molecule is CCc1ccc(NC(=S)N/N=C/c2ccc3c(c2)CCCN3CC)cc1. The first-order valence-corrected chi connectivity index (χ1v) is 9.67. The van der Waals surface area contributed by atoms with Crippen molar-refractivity contribution in [2.45, 2.75) is 33.1 Å². The van der Waals surface area contributed by atoms with Gasteiger partial charge in [-0.15, -0.1) is 0 Å². The molecule has 0 spiro atoms. The number of hydrogen-bond donors (Lipinski definition) is 2. The zero-order chi connectivity index (χ0) is 18.4. The van der Waals surface area contributed by atoms with Crippen molar-refractivity contribution in [2.75, 3.05) is 23.3 Å². The van der Waals surface area contributed by atoms with E-state index in [1.807, 2.05) is 18.3 Å². The van der Waals surface area contributed by atoms with Crippen molar-refractivity contribution in [3.8, 4) is 0 Å². The van der Waals surface area contributed by atoms with Crippen molar-refractivity contribution in [3.63, 3.8) is 0 Å². The number of anilines is 2. The molecule has 1 heterocycles. The van der Waals surface area contributed by atoms with Gasteiger partial charge >= 0.3 is 0 Å². The van der Waals surface area contributed by atoms with E-state index in [2.05, 4.69) is 64.9 Å². The summed E-state index contributed by atoms with van der Waals surface area (Å²) in [4.78, 5) is 2.43. The highest BCUT2D eigenvalue weighted by atomic mass is 32.1. The Hall–Kier alpha value is -2.40. The van der Waals surface area contributed by atoms with E-state index in [-0.39, 0.29) is 0 Å². The van der Waals surface area contributed by atoms with Gasteiger partial charge in [-0.1, -0.05) is 25.1 Å². The van der Waals surface area contributed by atoms with Gasteiger partial charge in [0.1, 0.15) is 0 Å². The maximum atomic E-state index is 5.30. The Bertz CT molecular complexity index is 783. The van der Waals surface area contributed by atoms with E-state index in [1.54, 1.807) is 0 Å². The maximum absolute atomic E-state index is 5.30. The lowest BCUT2D eigenvalue weighted by molar-refractivity contribution is 0.708. The molecule has 4 nitrogen and oxygen atoms in total. The van der Waals surface area contributed by atoms with E-state index >= 15 is 0 Å². The second kappa shape index (κ2) is 8.81. The molecule has 0 saturated heterocycles. The predicted molar refractivity (Wildman–Crippen MR) is 115 cm³/mol. The van der Waals surface area contributed by atoms with E-state index in [1.165, 1.54) is 23.2 Å². The van der Waals surface area contributed by atoms with Crippen LogP contribution < -0.4 is 15.6 Å². The van der Waals surface area contributed by atoms with Gasteiger partial charge in [-0.2, -0.15) is 5.10 Å². The number of nitrogens with zero attached hydrogens (tertiary/aromatic N) is 2. The van der Waals surface area contributed by atoms with E-state index in [0.717, 1.165) is 37.2 Å². The number of rotatable bonds is 5. The minimum atomic E-state index is 0.487. The van der Waals surface area contributed by atoms with Crippen LogP contribution in [-0.2, 0) is 12.8 Å². The standard InChI is InChI=1S/C21H26N4S/c1-3-16-7-10-19(11-8-16)23-21(26)24-22-15-17-9-12-20-18(14-17)6-5-13-25(20)4-2/h7-12,14-15H,3-6,13H2,1-2H3,(H2,23,24,26)/b22-15+. The quantitative estimate of drug-likeness (QED) is 0.469. The van der Waals surface area contributed by atoms with Crippen LogP contribution in [0, 0.1) is 0 Å². The van der Waals surface area contributed by atoms with Gasteiger partial charge in [0.05, 0.1) is 6.21 Å². The molecule has 136 valence electrons. The summed E-state index contributed by atoms with van der Waals surface area (Å²) in [5, 5.41) is 7.90. The molecule has 5 heteroatoms. The molecular formula is C21H26N4S. The highest BCUT2D eigenvalue weighted by Gasteiger charge is 2.15. The Morgan fingerprint density at radius 3 is 2.73 bits per heavy atom. The van der Waals surface area contributed by atoms with Gasteiger partial charge in [0.15, 0.2) is 5.11 Å². The minimum Gasteiger partial charge on any atom is -0.372 e. The van der Waals surface area contributed by atoms with Gasteiger partial charge in [-0.25, -0.2) is 0 Å². The zero-order valence-electron chi connectivity index (χ0n) is 15.5. The van der Waals surface area contributed by atoms with E-state index in [4.69, 9.17) is 12.2 Å². The summed E-state index contributed by atoms with van der Waals surface area (Å²) in [5.74, 6) is 0. The molecule has 1 aliphatic heterocycles. The fraction of sp³-hybridized carbons (Fsp3) is 0.333. The monoisotopic (exact) mass is 366 g/mol. The smallest absolute Gasteiger partial charge is 0.191 e. The van der Waals surface area contributed by atoms with Crippen molar-refractivity contribution in [3.05, 3.63) is 59.2 Å². The third-order valence-electron chi connectivity index (χ3n) is 4.70. The second-order valence-electron chi connectivity index (χ2n) is 6.45. The first kappa shape index (κ1) is 18.4. The Balaban J connectivity index is 1.57. The number of benzene rings is 2. The minimum absolute atomic E-state index is 0.487. The molecule has 2 N–H and O–H groups in total. The number of nitrogens with one attached hydrogen (secondary N) is 2. The number of fused-ring (bicyclic) bond motifs is 1. The van der Waals surface area contributed by atoms with Gasteiger partial charge in [0.2, 0.25) is 0 Å². The normalized spacial score (nSPS) is 13.5. The van der Waals surface area contributed by atoms with E-state index in [0.29, 0.717) is 5.11 Å². The number of hydrogen-bond acceptors (Lipinski definition) is 3. The van der Waals surface area contributed by atoms with Crippen LogP contribution in [0.15, 0.2) is 47.6 Å². The predicted octanol–water partition coefficient (Wildman–Crippen LogP) is 4.34. The summed E-state index contributed by atoms with van der Waals surface area (Å²) in [6.07, 6.45) is 5.20. The first-order valence-electron chi connectivity index (χ1n) is 9.26. The maximum Gasteiger partial charge on any atom is 0.191 e. The Morgan fingerprint density at radius 2 is 2.00 bits per heavy atom. The largest absolute Gasteiger partial charge is 0.372 e. The van der Waals surface area contributed by atoms with Crippen LogP contribution in [0.3, 0.4) is 0 Å². The molecule has 0 saturated carbocycles. The summed E-state index contributed by atoms with van der Waals surface area (Å²) in [6.45, 7) is 6.56. The topological polar surface area (TPSA) is 39.7 Å². The highest BCUT2D eigenvalue weighted by Crippen LogP contribution is 2.27. The molecule has 0 radical (unpaired) electrons. The van der Waals surface area contributed by atoms with Crippen LogP contribution >= 0.6 is 12.2 Å². The lowest BCUT2D eigenvalue weighted by atomic mass is 9.99. The van der Waals surface area contributed by atoms with Gasteiger partial charge < -0.3 is 10.2 Å². The molecule has 0 aromatic heterocycles. The molecule has 2 aromatic rings.